The number of nitrogens with one attached hydrogen (secondary N) is 2. The molecule has 2 N–H and O–H groups in total. The molecule has 0 radical (unpaired) electrons. The summed E-state index contributed by atoms with van der Waals surface area (Å²) in [6, 6.07) is 3.50. The van der Waals surface area contributed by atoms with Crippen molar-refractivity contribution in [2.24, 2.45) is 0 Å². The molecule has 24 heavy (non-hydrogen) atoms. The number of rotatable bonds is 4. The Hall–Kier alpha value is -3.42. The molecule has 0 fully saturated rings. The number of aromatic nitrogens is 5. The fourth-order valence-electron chi connectivity index (χ4n) is 1.98. The molecule has 0 saturated heterocycles. The van der Waals surface area contributed by atoms with Crippen LogP contribution in [0.1, 0.15) is 21.7 Å². The van der Waals surface area contributed by atoms with E-state index in [0.29, 0.717) is 17.1 Å². The van der Waals surface area contributed by atoms with E-state index in [2.05, 4.69) is 30.2 Å². The van der Waals surface area contributed by atoms with Gasteiger partial charge in [-0.15, -0.1) is 0 Å². The second-order valence-corrected chi connectivity index (χ2v) is 5.05. The van der Waals surface area contributed by atoms with E-state index < -0.39 is 11.5 Å². The van der Waals surface area contributed by atoms with Crippen LogP contribution in [-0.2, 0) is 6.54 Å². The summed E-state index contributed by atoms with van der Waals surface area (Å²) in [5.74, 6) is -0.169. The van der Waals surface area contributed by atoms with Crippen LogP contribution in [0.25, 0.3) is 11.4 Å². The van der Waals surface area contributed by atoms with Crippen molar-refractivity contribution in [3.63, 3.8) is 0 Å². The molecule has 3 aromatic rings. The Kier molecular flexibility index (Phi) is 4.37. The van der Waals surface area contributed by atoms with Crippen LogP contribution < -0.4 is 10.9 Å². The molecule has 0 aliphatic heterocycles. The summed E-state index contributed by atoms with van der Waals surface area (Å²) in [6.07, 6.45) is 7.63. The maximum Gasteiger partial charge on any atom is 0.264 e. The molecule has 0 aliphatic carbocycles. The lowest BCUT2D eigenvalue weighted by Crippen LogP contribution is -2.30. The van der Waals surface area contributed by atoms with Gasteiger partial charge in [-0.25, -0.2) is 4.98 Å². The largest absolute Gasteiger partial charge is 0.346 e. The van der Waals surface area contributed by atoms with E-state index in [1.54, 1.807) is 36.9 Å². The van der Waals surface area contributed by atoms with Crippen LogP contribution >= 0.6 is 0 Å². The number of aryl methyl sites for hydroxylation is 1. The summed E-state index contributed by atoms with van der Waals surface area (Å²) in [5.41, 5.74) is 1.47. The summed E-state index contributed by atoms with van der Waals surface area (Å²) in [5, 5.41) is 2.62. The molecule has 3 rings (SSSR count). The van der Waals surface area contributed by atoms with Crippen molar-refractivity contribution in [1.82, 2.24) is 30.2 Å². The lowest BCUT2D eigenvalue weighted by Gasteiger charge is -2.05. The standard InChI is InChI=1S/C16H14N6O2/c1-10-5-19-12(7-18-10)8-21-15(23)13-9-20-14(22-16(13)24)11-3-2-4-17-6-11/h2-7,9H,8H2,1H3,(H,21,23)(H,20,22,24). The van der Waals surface area contributed by atoms with Crippen molar-refractivity contribution in [3.05, 3.63) is 70.4 Å². The SMILES string of the molecule is Cc1cnc(CNC(=O)c2cnc(-c3cccnc3)[nH]c2=O)cn1. The van der Waals surface area contributed by atoms with Gasteiger partial charge in [-0.05, 0) is 19.1 Å². The average Bonchev–Trinajstić information content (AvgIpc) is 2.61. The van der Waals surface area contributed by atoms with Crippen LogP contribution in [0.3, 0.4) is 0 Å². The molecule has 3 aromatic heterocycles. The van der Waals surface area contributed by atoms with Crippen molar-refractivity contribution in [3.8, 4) is 11.4 Å². The summed E-state index contributed by atoms with van der Waals surface area (Å²) < 4.78 is 0. The minimum atomic E-state index is -0.524. The lowest BCUT2D eigenvalue weighted by molar-refractivity contribution is 0.0948. The molecule has 3 heterocycles. The van der Waals surface area contributed by atoms with Gasteiger partial charge in [-0.3, -0.25) is 24.5 Å². The van der Waals surface area contributed by atoms with Crippen LogP contribution in [0.4, 0.5) is 0 Å². The summed E-state index contributed by atoms with van der Waals surface area (Å²) >= 11 is 0. The Morgan fingerprint density at radius 3 is 2.71 bits per heavy atom. The highest BCUT2D eigenvalue weighted by Gasteiger charge is 2.12. The molecular weight excluding hydrogens is 308 g/mol. The molecule has 0 aromatic carbocycles. The smallest absolute Gasteiger partial charge is 0.264 e. The van der Waals surface area contributed by atoms with Crippen LogP contribution in [-0.4, -0.2) is 30.8 Å². The molecule has 0 atom stereocenters. The molecule has 0 bridgehead atoms. The van der Waals surface area contributed by atoms with Crippen molar-refractivity contribution in [2.75, 3.05) is 0 Å². The third-order valence-corrected chi connectivity index (χ3v) is 3.24. The van der Waals surface area contributed by atoms with Gasteiger partial charge in [0.2, 0.25) is 0 Å². The number of nitrogens with zero attached hydrogens (tertiary/aromatic N) is 4. The monoisotopic (exact) mass is 322 g/mol. The second-order valence-electron chi connectivity index (χ2n) is 5.05. The molecule has 0 saturated carbocycles. The molecule has 1 amide bonds. The van der Waals surface area contributed by atoms with Gasteiger partial charge in [0.1, 0.15) is 11.4 Å². The Bertz CT molecular complexity index is 906. The Labute approximate surface area is 137 Å². The average molecular weight is 322 g/mol. The number of hydrogen-bond acceptors (Lipinski definition) is 6. The van der Waals surface area contributed by atoms with Crippen molar-refractivity contribution >= 4 is 5.91 Å². The zero-order valence-corrected chi connectivity index (χ0v) is 12.9. The van der Waals surface area contributed by atoms with Gasteiger partial charge < -0.3 is 10.3 Å². The van der Waals surface area contributed by atoms with Gasteiger partial charge in [-0.1, -0.05) is 0 Å². The first-order valence-electron chi connectivity index (χ1n) is 7.19. The van der Waals surface area contributed by atoms with Crippen molar-refractivity contribution in [1.29, 1.82) is 0 Å². The molecule has 0 aliphatic rings. The van der Waals surface area contributed by atoms with E-state index in [0.717, 1.165) is 5.69 Å². The third kappa shape index (κ3) is 3.49. The minimum Gasteiger partial charge on any atom is -0.346 e. The third-order valence-electron chi connectivity index (χ3n) is 3.24. The molecule has 120 valence electrons. The zero-order chi connectivity index (χ0) is 16.9. The van der Waals surface area contributed by atoms with Gasteiger partial charge in [0.05, 0.1) is 24.1 Å². The summed E-state index contributed by atoms with van der Waals surface area (Å²) in [4.78, 5) is 43.1. The summed E-state index contributed by atoms with van der Waals surface area (Å²) in [6.45, 7) is 2.00. The van der Waals surface area contributed by atoms with Gasteiger partial charge in [-0.2, -0.15) is 0 Å². The number of pyridine rings is 1. The maximum atomic E-state index is 12.1. The number of hydrogen-bond donors (Lipinski definition) is 2. The van der Waals surface area contributed by atoms with E-state index >= 15 is 0 Å². The molecule has 0 spiro atoms. The van der Waals surface area contributed by atoms with Crippen LogP contribution in [0.5, 0.6) is 0 Å². The highest BCUT2D eigenvalue weighted by Crippen LogP contribution is 2.10. The molecule has 8 nitrogen and oxygen atoms in total. The fourth-order valence-corrected chi connectivity index (χ4v) is 1.98. The predicted octanol–water partition coefficient (Wildman–Crippen LogP) is 0.860. The number of H-pyrrole nitrogens is 1. The number of aromatic amines is 1. The fraction of sp³-hybridized carbons (Fsp3) is 0.125. The predicted molar refractivity (Wildman–Crippen MR) is 86.0 cm³/mol. The number of carbonyl (C=O) groups is 1. The normalized spacial score (nSPS) is 10.4. The van der Waals surface area contributed by atoms with E-state index in [9.17, 15) is 9.59 Å². The Balaban J connectivity index is 1.73. The number of carbonyl (C=O) groups excluding carboxylic acids is 1. The summed E-state index contributed by atoms with van der Waals surface area (Å²) in [7, 11) is 0. The van der Waals surface area contributed by atoms with Crippen molar-refractivity contribution < 1.29 is 4.79 Å². The molecular formula is C16H14N6O2. The van der Waals surface area contributed by atoms with Crippen LogP contribution in [0.15, 0.2) is 47.9 Å². The maximum absolute atomic E-state index is 12.1. The van der Waals surface area contributed by atoms with Gasteiger partial charge in [0, 0.05) is 30.4 Å². The first-order chi connectivity index (χ1) is 11.6. The first-order valence-corrected chi connectivity index (χ1v) is 7.19. The Morgan fingerprint density at radius 1 is 1.17 bits per heavy atom. The number of amides is 1. The quantitative estimate of drug-likeness (QED) is 0.736. The first kappa shape index (κ1) is 15.5. The Morgan fingerprint density at radius 2 is 2.04 bits per heavy atom. The highest BCUT2D eigenvalue weighted by molar-refractivity contribution is 5.93. The van der Waals surface area contributed by atoms with Crippen LogP contribution in [0, 0.1) is 6.92 Å². The lowest BCUT2D eigenvalue weighted by atomic mass is 10.2. The van der Waals surface area contributed by atoms with Gasteiger partial charge >= 0.3 is 0 Å². The molecule has 8 heteroatoms. The van der Waals surface area contributed by atoms with Crippen molar-refractivity contribution in [2.45, 2.75) is 13.5 Å². The topological polar surface area (TPSA) is 114 Å². The van der Waals surface area contributed by atoms with Gasteiger partial charge in [0.25, 0.3) is 11.5 Å². The van der Waals surface area contributed by atoms with E-state index in [1.165, 1.54) is 6.20 Å². The van der Waals surface area contributed by atoms with E-state index in [4.69, 9.17) is 0 Å². The van der Waals surface area contributed by atoms with Gasteiger partial charge in [0.15, 0.2) is 0 Å². The second kappa shape index (κ2) is 6.78. The molecule has 0 unspecified atom stereocenters. The highest BCUT2D eigenvalue weighted by atomic mass is 16.2. The van der Waals surface area contributed by atoms with E-state index in [-0.39, 0.29) is 12.1 Å². The zero-order valence-electron chi connectivity index (χ0n) is 12.9. The van der Waals surface area contributed by atoms with Crippen LogP contribution in [0.2, 0.25) is 0 Å². The van der Waals surface area contributed by atoms with E-state index in [1.807, 2.05) is 6.92 Å². The minimum absolute atomic E-state index is 0.0669.